The molecule has 0 radical (unpaired) electrons. The number of carbonyl (C=O) groups excluding carboxylic acids is 1. The third-order valence-corrected chi connectivity index (χ3v) is 2.67. The molecule has 1 aromatic carbocycles. The summed E-state index contributed by atoms with van der Waals surface area (Å²) in [5.74, 6) is 0. The van der Waals surface area contributed by atoms with Crippen LogP contribution in [0, 0.1) is 0 Å². The van der Waals surface area contributed by atoms with E-state index in [1.54, 1.807) is 0 Å². The van der Waals surface area contributed by atoms with E-state index in [-0.39, 0.29) is 5.12 Å². The molecule has 0 saturated heterocycles. The molecule has 0 saturated carbocycles. The van der Waals surface area contributed by atoms with E-state index in [9.17, 15) is 4.79 Å². The summed E-state index contributed by atoms with van der Waals surface area (Å²) in [6.45, 7) is 0. The van der Waals surface area contributed by atoms with Gasteiger partial charge in [0.05, 0.1) is 0 Å². The molecule has 0 fully saturated rings. The minimum Gasteiger partial charge on any atom is -0.288 e. The van der Waals surface area contributed by atoms with Crippen LogP contribution < -0.4 is 0 Å². The van der Waals surface area contributed by atoms with Gasteiger partial charge in [-0.05, 0) is 24.8 Å². The highest BCUT2D eigenvalue weighted by atomic mass is 32.1. The fourth-order valence-electron chi connectivity index (χ4n) is 1.60. The topological polar surface area (TPSA) is 17.1 Å². The molecule has 0 bridgehead atoms. The van der Waals surface area contributed by atoms with Gasteiger partial charge in [-0.2, -0.15) is 0 Å². The standard InChI is InChI=1S/C13H18OS/c14-13(15)11-7-2-1-4-8-12-9-5-3-6-10-12/h3,5-6,9-10H,1-2,4,7-8,11H2,(H,14,15). The molecule has 0 aliphatic carbocycles. The third-order valence-electron chi connectivity index (χ3n) is 2.45. The number of benzene rings is 1. The van der Waals surface area contributed by atoms with Gasteiger partial charge >= 0.3 is 0 Å². The van der Waals surface area contributed by atoms with Gasteiger partial charge in [0.2, 0.25) is 0 Å². The van der Waals surface area contributed by atoms with Gasteiger partial charge in [-0.15, -0.1) is 12.6 Å². The van der Waals surface area contributed by atoms with Gasteiger partial charge in [0.25, 0.3) is 0 Å². The van der Waals surface area contributed by atoms with E-state index in [1.807, 2.05) is 6.07 Å². The van der Waals surface area contributed by atoms with Crippen LogP contribution in [0.2, 0.25) is 0 Å². The summed E-state index contributed by atoms with van der Waals surface area (Å²) in [7, 11) is 0. The minimum absolute atomic E-state index is 0.0121. The number of thiol groups is 1. The van der Waals surface area contributed by atoms with Crippen molar-refractivity contribution in [1.29, 1.82) is 0 Å². The van der Waals surface area contributed by atoms with Crippen LogP contribution in [0.1, 0.15) is 37.7 Å². The second-order valence-corrected chi connectivity index (χ2v) is 4.29. The Morgan fingerprint density at radius 3 is 2.33 bits per heavy atom. The zero-order valence-electron chi connectivity index (χ0n) is 8.98. The molecule has 0 spiro atoms. The van der Waals surface area contributed by atoms with Crippen molar-refractivity contribution in [3.8, 4) is 0 Å². The van der Waals surface area contributed by atoms with Gasteiger partial charge in [0.15, 0.2) is 5.12 Å². The second-order valence-electron chi connectivity index (χ2n) is 3.79. The SMILES string of the molecule is O=C(S)CCCCCCc1ccccc1. The summed E-state index contributed by atoms with van der Waals surface area (Å²) in [5.41, 5.74) is 1.41. The Bertz CT molecular complexity index is 282. The number of hydrogen-bond acceptors (Lipinski definition) is 1. The first-order valence-electron chi connectivity index (χ1n) is 5.55. The predicted molar refractivity (Wildman–Crippen MR) is 67.2 cm³/mol. The lowest BCUT2D eigenvalue weighted by atomic mass is 10.1. The smallest absolute Gasteiger partial charge is 0.185 e. The van der Waals surface area contributed by atoms with Crippen molar-refractivity contribution in [3.05, 3.63) is 35.9 Å². The summed E-state index contributed by atoms with van der Waals surface area (Å²) >= 11 is 3.74. The lowest BCUT2D eigenvalue weighted by Crippen LogP contribution is -1.88. The maximum absolute atomic E-state index is 10.6. The molecule has 2 heteroatoms. The number of hydrogen-bond donors (Lipinski definition) is 1. The van der Waals surface area contributed by atoms with Gasteiger partial charge in [0.1, 0.15) is 0 Å². The molecular formula is C13H18OS. The Morgan fingerprint density at radius 1 is 1.00 bits per heavy atom. The first kappa shape index (κ1) is 12.3. The molecule has 0 heterocycles. The van der Waals surface area contributed by atoms with Crippen molar-refractivity contribution in [1.82, 2.24) is 0 Å². The molecule has 0 atom stereocenters. The largest absolute Gasteiger partial charge is 0.288 e. The van der Waals surface area contributed by atoms with E-state index in [4.69, 9.17) is 0 Å². The summed E-state index contributed by atoms with van der Waals surface area (Å²) in [4.78, 5) is 10.6. The van der Waals surface area contributed by atoms with Crippen LogP contribution in [-0.4, -0.2) is 5.12 Å². The zero-order chi connectivity index (χ0) is 10.9. The summed E-state index contributed by atoms with van der Waals surface area (Å²) in [6.07, 6.45) is 6.31. The Kier molecular flexibility index (Phi) is 6.17. The monoisotopic (exact) mass is 222 g/mol. The van der Waals surface area contributed by atoms with Crippen molar-refractivity contribution in [2.24, 2.45) is 0 Å². The van der Waals surface area contributed by atoms with Gasteiger partial charge < -0.3 is 0 Å². The van der Waals surface area contributed by atoms with E-state index in [0.29, 0.717) is 6.42 Å². The van der Waals surface area contributed by atoms with E-state index >= 15 is 0 Å². The van der Waals surface area contributed by atoms with Gasteiger partial charge in [-0.1, -0.05) is 43.2 Å². The molecule has 1 nitrogen and oxygen atoms in total. The normalized spacial score (nSPS) is 10.2. The van der Waals surface area contributed by atoms with Crippen molar-refractivity contribution >= 4 is 17.7 Å². The Hall–Kier alpha value is -0.760. The average Bonchev–Trinajstić information content (AvgIpc) is 2.24. The lowest BCUT2D eigenvalue weighted by molar-refractivity contribution is -0.110. The number of aryl methyl sites for hydroxylation is 1. The fourth-order valence-corrected chi connectivity index (χ4v) is 1.76. The summed E-state index contributed by atoms with van der Waals surface area (Å²) < 4.78 is 0. The van der Waals surface area contributed by atoms with E-state index in [1.165, 1.54) is 18.4 Å². The first-order valence-corrected chi connectivity index (χ1v) is 5.99. The molecule has 0 aliphatic heterocycles. The van der Waals surface area contributed by atoms with E-state index in [2.05, 4.69) is 36.9 Å². The Labute approximate surface area is 97.3 Å². The molecule has 1 aromatic rings. The quantitative estimate of drug-likeness (QED) is 0.550. The van der Waals surface area contributed by atoms with Crippen LogP contribution in [0.3, 0.4) is 0 Å². The lowest BCUT2D eigenvalue weighted by Gasteiger charge is -2.00. The van der Waals surface area contributed by atoms with Crippen LogP contribution in [0.4, 0.5) is 0 Å². The number of rotatable bonds is 7. The molecule has 0 N–H and O–H groups in total. The van der Waals surface area contributed by atoms with E-state index < -0.39 is 0 Å². The molecule has 0 amide bonds. The highest BCUT2D eigenvalue weighted by molar-refractivity contribution is 7.96. The van der Waals surface area contributed by atoms with Gasteiger partial charge in [0, 0.05) is 6.42 Å². The second kappa shape index (κ2) is 7.52. The first-order chi connectivity index (χ1) is 7.29. The third kappa shape index (κ3) is 6.34. The van der Waals surface area contributed by atoms with Gasteiger partial charge in [-0.25, -0.2) is 0 Å². The number of carbonyl (C=O) groups is 1. The fraction of sp³-hybridized carbons (Fsp3) is 0.462. The Morgan fingerprint density at radius 2 is 1.67 bits per heavy atom. The predicted octanol–water partition coefficient (Wildman–Crippen LogP) is 3.64. The van der Waals surface area contributed by atoms with Crippen LogP contribution >= 0.6 is 12.6 Å². The molecule has 1 rings (SSSR count). The zero-order valence-corrected chi connectivity index (χ0v) is 9.88. The van der Waals surface area contributed by atoms with Crippen LogP contribution in [0.25, 0.3) is 0 Å². The molecule has 0 aromatic heterocycles. The summed E-state index contributed by atoms with van der Waals surface area (Å²) in [6, 6.07) is 10.5. The maximum atomic E-state index is 10.6. The minimum atomic E-state index is 0.0121. The Balaban J connectivity index is 2.00. The average molecular weight is 222 g/mol. The molecule has 0 aliphatic rings. The van der Waals surface area contributed by atoms with Crippen molar-refractivity contribution in [3.63, 3.8) is 0 Å². The van der Waals surface area contributed by atoms with E-state index in [0.717, 1.165) is 19.3 Å². The van der Waals surface area contributed by atoms with Crippen molar-refractivity contribution in [2.45, 2.75) is 38.5 Å². The van der Waals surface area contributed by atoms with Crippen LogP contribution in [0.5, 0.6) is 0 Å². The highest BCUT2D eigenvalue weighted by Crippen LogP contribution is 2.09. The van der Waals surface area contributed by atoms with Crippen LogP contribution in [0.15, 0.2) is 30.3 Å². The number of unbranched alkanes of at least 4 members (excludes halogenated alkanes) is 3. The molecule has 82 valence electrons. The summed E-state index contributed by atoms with van der Waals surface area (Å²) in [5, 5.41) is 0.0121. The van der Waals surface area contributed by atoms with Gasteiger partial charge in [-0.3, -0.25) is 4.79 Å². The molecule has 15 heavy (non-hydrogen) atoms. The molecular weight excluding hydrogens is 204 g/mol. The van der Waals surface area contributed by atoms with Crippen LogP contribution in [-0.2, 0) is 11.2 Å². The van der Waals surface area contributed by atoms with Crippen molar-refractivity contribution in [2.75, 3.05) is 0 Å². The highest BCUT2D eigenvalue weighted by Gasteiger charge is 1.95. The maximum Gasteiger partial charge on any atom is 0.185 e. The molecule has 0 unspecified atom stereocenters. The van der Waals surface area contributed by atoms with Crippen molar-refractivity contribution < 1.29 is 4.79 Å².